The van der Waals surface area contributed by atoms with Gasteiger partial charge in [0.1, 0.15) is 24.4 Å². The molecule has 0 heterocycles. The Labute approximate surface area is 280 Å². The molecule has 0 aliphatic carbocycles. The number of aliphatic hydroxyl groups excluding tert-OH is 1. The largest absolute Gasteiger partial charge is 0.480 e. The number of hydrogen-bond acceptors (Lipinski definition) is 11. The molecule has 19 nitrogen and oxygen atoms in total. The first-order chi connectivity index (χ1) is 22.6. The lowest BCUT2D eigenvalue weighted by Crippen LogP contribution is -2.56. The minimum absolute atomic E-state index is 0.115. The predicted molar refractivity (Wildman–Crippen MR) is 172 cm³/mol. The molecule has 7 amide bonds. The van der Waals surface area contributed by atoms with E-state index in [2.05, 4.69) is 42.5 Å². The van der Waals surface area contributed by atoms with Crippen LogP contribution in [-0.2, 0) is 38.4 Å². The molecular formula is C29H53N9O10. The van der Waals surface area contributed by atoms with Crippen molar-refractivity contribution in [2.24, 2.45) is 5.73 Å². The van der Waals surface area contributed by atoms with Gasteiger partial charge in [0.2, 0.25) is 41.4 Å². The van der Waals surface area contributed by atoms with Crippen LogP contribution in [0.25, 0.3) is 0 Å². The molecule has 0 spiro atoms. The molecule has 0 aliphatic rings. The molecule has 0 aromatic carbocycles. The first-order valence-corrected chi connectivity index (χ1v) is 15.9. The Morgan fingerprint density at radius 1 is 0.667 bits per heavy atom. The van der Waals surface area contributed by atoms with Crippen molar-refractivity contribution in [1.29, 1.82) is 0 Å². The molecule has 0 saturated carbocycles. The standard InChI is InChI=1S/C29H53N9O10/c1-5-20(29(47)48)37-28(46)22(11-7-9-13-32-19(4)40)38-26(44)17(2)35-25(43)16-33-24(42)15-34-27(45)21(36-23(41)14-30)10-6-8-12-31-18(3)39/h17,20-22,27,34,45H,5-16,30H2,1-4H3,(H,31,39)(H,32,40)(H,33,42)(H,35,43)(H,36,41)(H,37,46)(H,38,44)(H,47,48)/t17-,20-,21-,22-,27+/m0/s1. The number of rotatable bonds is 25. The molecule has 0 unspecified atom stereocenters. The van der Waals surface area contributed by atoms with Crippen LogP contribution in [-0.4, -0.2) is 121 Å². The maximum Gasteiger partial charge on any atom is 0.326 e. The fourth-order valence-corrected chi connectivity index (χ4v) is 4.18. The van der Waals surface area contributed by atoms with Crippen molar-refractivity contribution in [2.45, 2.75) is 103 Å². The van der Waals surface area contributed by atoms with Crippen molar-refractivity contribution in [1.82, 2.24) is 42.5 Å². The number of nitrogens with one attached hydrogen (secondary N) is 8. The van der Waals surface area contributed by atoms with Crippen LogP contribution in [0, 0.1) is 0 Å². The number of carbonyl (C=O) groups is 8. The zero-order chi connectivity index (χ0) is 36.6. The molecular weight excluding hydrogens is 634 g/mol. The summed E-state index contributed by atoms with van der Waals surface area (Å²) < 4.78 is 0. The third-order valence-corrected chi connectivity index (χ3v) is 6.87. The lowest BCUT2D eigenvalue weighted by atomic mass is 10.1. The Morgan fingerprint density at radius 3 is 1.75 bits per heavy atom. The molecule has 0 aromatic heterocycles. The van der Waals surface area contributed by atoms with Gasteiger partial charge in [-0.2, -0.15) is 0 Å². The third kappa shape index (κ3) is 20.7. The van der Waals surface area contributed by atoms with Gasteiger partial charge >= 0.3 is 5.97 Å². The van der Waals surface area contributed by atoms with Crippen LogP contribution >= 0.6 is 0 Å². The van der Waals surface area contributed by atoms with Crippen LogP contribution in [0.2, 0.25) is 0 Å². The zero-order valence-corrected chi connectivity index (χ0v) is 28.1. The van der Waals surface area contributed by atoms with Crippen molar-refractivity contribution in [2.75, 3.05) is 32.7 Å². The second-order valence-corrected chi connectivity index (χ2v) is 11.1. The van der Waals surface area contributed by atoms with Crippen molar-refractivity contribution in [3.8, 4) is 0 Å². The average Bonchev–Trinajstić information content (AvgIpc) is 3.02. The Morgan fingerprint density at radius 2 is 1.23 bits per heavy atom. The molecule has 0 fully saturated rings. The van der Waals surface area contributed by atoms with Gasteiger partial charge in [0, 0.05) is 26.9 Å². The minimum Gasteiger partial charge on any atom is -0.480 e. The average molecular weight is 688 g/mol. The number of nitrogens with two attached hydrogens (primary N) is 1. The Kier molecular flexibility index (Phi) is 22.5. The highest BCUT2D eigenvalue weighted by molar-refractivity contribution is 5.94. The summed E-state index contributed by atoms with van der Waals surface area (Å²) in [6.07, 6.45) is 1.28. The number of carboxylic acid groups (broad SMARTS) is 1. The van der Waals surface area contributed by atoms with Crippen molar-refractivity contribution < 1.29 is 48.6 Å². The topological polar surface area (TPSA) is 299 Å². The monoisotopic (exact) mass is 687 g/mol. The van der Waals surface area contributed by atoms with E-state index in [9.17, 15) is 48.6 Å². The maximum absolute atomic E-state index is 12.8. The number of carbonyl (C=O) groups excluding carboxylic acids is 7. The van der Waals surface area contributed by atoms with Gasteiger partial charge in [-0.1, -0.05) is 6.92 Å². The summed E-state index contributed by atoms with van der Waals surface area (Å²) in [7, 11) is 0. The molecule has 0 bridgehead atoms. The Bertz CT molecular complexity index is 1090. The predicted octanol–water partition coefficient (Wildman–Crippen LogP) is -3.96. The smallest absolute Gasteiger partial charge is 0.326 e. The molecule has 274 valence electrons. The normalized spacial score (nSPS) is 13.8. The summed E-state index contributed by atoms with van der Waals surface area (Å²) in [5, 5.41) is 39.8. The summed E-state index contributed by atoms with van der Waals surface area (Å²) in [6, 6.07) is -4.20. The van der Waals surface area contributed by atoms with Crippen LogP contribution in [0.5, 0.6) is 0 Å². The van der Waals surface area contributed by atoms with Crippen LogP contribution in [0.4, 0.5) is 0 Å². The summed E-state index contributed by atoms with van der Waals surface area (Å²) in [5.74, 6) is -4.99. The lowest BCUT2D eigenvalue weighted by molar-refractivity contribution is -0.142. The van der Waals surface area contributed by atoms with Gasteiger partial charge in [0.25, 0.3) is 0 Å². The fourth-order valence-electron chi connectivity index (χ4n) is 4.18. The highest BCUT2D eigenvalue weighted by Gasteiger charge is 2.27. The lowest BCUT2D eigenvalue weighted by Gasteiger charge is -2.25. The number of aliphatic hydroxyl groups is 1. The highest BCUT2D eigenvalue weighted by atomic mass is 16.4. The van der Waals surface area contributed by atoms with E-state index in [4.69, 9.17) is 5.73 Å². The van der Waals surface area contributed by atoms with E-state index in [0.717, 1.165) is 0 Å². The summed E-state index contributed by atoms with van der Waals surface area (Å²) in [4.78, 5) is 95.6. The Balaban J connectivity index is 4.94. The third-order valence-electron chi connectivity index (χ3n) is 6.87. The fraction of sp³-hybridized carbons (Fsp3) is 0.724. The number of carboxylic acids is 1. The maximum atomic E-state index is 12.8. The quantitative estimate of drug-likeness (QED) is 0.0324. The van der Waals surface area contributed by atoms with Gasteiger partial charge < -0.3 is 53.2 Å². The number of unbranched alkanes of at least 4 members (excludes halogenated alkanes) is 2. The van der Waals surface area contributed by atoms with Crippen molar-refractivity contribution in [3.05, 3.63) is 0 Å². The molecule has 12 N–H and O–H groups in total. The number of amides is 7. The first-order valence-electron chi connectivity index (χ1n) is 15.9. The van der Waals surface area contributed by atoms with E-state index in [0.29, 0.717) is 45.2 Å². The van der Waals surface area contributed by atoms with Gasteiger partial charge in [0.05, 0.1) is 25.7 Å². The van der Waals surface area contributed by atoms with Crippen LogP contribution in [0.15, 0.2) is 0 Å². The van der Waals surface area contributed by atoms with E-state index >= 15 is 0 Å². The molecule has 0 radical (unpaired) electrons. The molecule has 0 aromatic rings. The Hall–Kier alpha value is -4.36. The second kappa shape index (κ2) is 24.8. The zero-order valence-electron chi connectivity index (χ0n) is 28.1. The highest BCUT2D eigenvalue weighted by Crippen LogP contribution is 2.05. The van der Waals surface area contributed by atoms with Gasteiger partial charge in [-0.05, 0) is 51.9 Å². The van der Waals surface area contributed by atoms with Crippen LogP contribution < -0.4 is 48.3 Å². The van der Waals surface area contributed by atoms with Gasteiger partial charge in [-0.3, -0.25) is 38.9 Å². The van der Waals surface area contributed by atoms with E-state index in [-0.39, 0.29) is 31.2 Å². The molecule has 0 aliphatic heterocycles. The summed E-state index contributed by atoms with van der Waals surface area (Å²) >= 11 is 0. The number of hydrogen-bond donors (Lipinski definition) is 11. The van der Waals surface area contributed by atoms with Gasteiger partial charge in [0.15, 0.2) is 0 Å². The van der Waals surface area contributed by atoms with Gasteiger partial charge in [-0.15, -0.1) is 0 Å². The summed E-state index contributed by atoms with van der Waals surface area (Å²) in [6.45, 7) is 5.21. The minimum atomic E-state index is -1.33. The van der Waals surface area contributed by atoms with Crippen LogP contribution in [0.3, 0.4) is 0 Å². The van der Waals surface area contributed by atoms with Gasteiger partial charge in [-0.25, -0.2) is 4.79 Å². The molecule has 48 heavy (non-hydrogen) atoms. The molecule has 19 heteroatoms. The molecule has 5 atom stereocenters. The van der Waals surface area contributed by atoms with E-state index in [1.54, 1.807) is 6.92 Å². The van der Waals surface area contributed by atoms with Crippen LogP contribution in [0.1, 0.15) is 72.6 Å². The van der Waals surface area contributed by atoms with E-state index < -0.39 is 79.0 Å². The van der Waals surface area contributed by atoms with Crippen molar-refractivity contribution >= 4 is 47.3 Å². The molecule has 0 rings (SSSR count). The van der Waals surface area contributed by atoms with Crippen molar-refractivity contribution in [3.63, 3.8) is 0 Å². The van der Waals surface area contributed by atoms with E-state index in [1.807, 2.05) is 0 Å². The molecule has 0 saturated heterocycles. The number of aliphatic carboxylic acids is 1. The summed E-state index contributed by atoms with van der Waals surface area (Å²) in [5.41, 5.74) is 5.34. The second-order valence-electron chi connectivity index (χ2n) is 11.1. The van der Waals surface area contributed by atoms with E-state index in [1.165, 1.54) is 20.8 Å². The first kappa shape index (κ1) is 43.6. The SMILES string of the molecule is CC[C@H](NC(=O)[C@H](CCCCNC(C)=O)NC(=O)[C@H](C)NC(=O)CNC(=O)CN[C@H](O)[C@H](CCCCNC(C)=O)NC(=O)CN)C(=O)O.